The van der Waals surface area contributed by atoms with Gasteiger partial charge < -0.3 is 9.84 Å². The Morgan fingerprint density at radius 3 is 2.59 bits per heavy atom. The third-order valence-corrected chi connectivity index (χ3v) is 3.79. The van der Waals surface area contributed by atoms with E-state index < -0.39 is 5.60 Å². The van der Waals surface area contributed by atoms with Gasteiger partial charge in [0.25, 0.3) is 0 Å². The number of benzene rings is 1. The number of para-hydroxylation sites is 1. The molecule has 2 rings (SSSR count). The molecule has 0 spiro atoms. The molecule has 0 saturated heterocycles. The summed E-state index contributed by atoms with van der Waals surface area (Å²) in [4.78, 5) is 5.19. The summed E-state index contributed by atoms with van der Waals surface area (Å²) in [6, 6.07) is 7.74. The molecule has 0 bridgehead atoms. The summed E-state index contributed by atoms with van der Waals surface area (Å²) < 4.78 is 5.30. The van der Waals surface area contributed by atoms with Crippen molar-refractivity contribution in [3.63, 3.8) is 0 Å². The van der Waals surface area contributed by atoms with Gasteiger partial charge in [-0.3, -0.25) is 0 Å². The van der Waals surface area contributed by atoms with Crippen LogP contribution >= 0.6 is 11.3 Å². The summed E-state index contributed by atoms with van der Waals surface area (Å²) in [6.07, 6.45) is 1.71. The van der Waals surface area contributed by atoms with Gasteiger partial charge in [-0.15, -0.1) is 11.3 Å². The van der Waals surface area contributed by atoms with Crippen LogP contribution in [0.4, 0.5) is 0 Å². The standard InChI is InChI=1S/C13H15NO2S/c1-13(2,15)11-8-14-12(17-11)9-6-4-5-7-10(9)16-3/h4-8,15H,1-3H3. The molecule has 4 heteroatoms. The van der Waals surface area contributed by atoms with Gasteiger partial charge >= 0.3 is 0 Å². The van der Waals surface area contributed by atoms with Gasteiger partial charge in [0.05, 0.1) is 23.2 Å². The van der Waals surface area contributed by atoms with Crippen LogP contribution in [0.1, 0.15) is 18.7 Å². The first-order valence-electron chi connectivity index (χ1n) is 5.34. The number of methoxy groups -OCH3 is 1. The first-order chi connectivity index (χ1) is 8.02. The van der Waals surface area contributed by atoms with E-state index in [2.05, 4.69) is 4.98 Å². The lowest BCUT2D eigenvalue weighted by molar-refractivity contribution is 0.0823. The molecule has 0 amide bonds. The van der Waals surface area contributed by atoms with Crippen LogP contribution in [0.2, 0.25) is 0 Å². The Balaban J connectivity index is 2.44. The Morgan fingerprint density at radius 2 is 2.00 bits per heavy atom. The van der Waals surface area contributed by atoms with Crippen molar-refractivity contribution in [2.45, 2.75) is 19.4 Å². The van der Waals surface area contributed by atoms with Crippen LogP contribution in [-0.2, 0) is 5.60 Å². The number of rotatable bonds is 3. The lowest BCUT2D eigenvalue weighted by Crippen LogP contribution is -2.12. The van der Waals surface area contributed by atoms with Crippen LogP contribution in [0.15, 0.2) is 30.5 Å². The smallest absolute Gasteiger partial charge is 0.129 e. The third-order valence-electron chi connectivity index (χ3n) is 2.45. The summed E-state index contributed by atoms with van der Waals surface area (Å²) in [6.45, 7) is 3.51. The van der Waals surface area contributed by atoms with E-state index in [0.717, 1.165) is 21.2 Å². The van der Waals surface area contributed by atoms with Crippen LogP contribution in [0, 0.1) is 0 Å². The molecular weight excluding hydrogens is 234 g/mol. The Labute approximate surface area is 105 Å². The van der Waals surface area contributed by atoms with Gasteiger partial charge in [0.15, 0.2) is 0 Å². The number of thiazole rings is 1. The van der Waals surface area contributed by atoms with Crippen molar-refractivity contribution in [1.29, 1.82) is 0 Å². The maximum atomic E-state index is 9.91. The van der Waals surface area contributed by atoms with Gasteiger partial charge in [-0.25, -0.2) is 4.98 Å². The van der Waals surface area contributed by atoms with E-state index in [0.29, 0.717) is 0 Å². The highest BCUT2D eigenvalue weighted by molar-refractivity contribution is 7.15. The average Bonchev–Trinajstić information content (AvgIpc) is 2.77. The molecule has 0 radical (unpaired) electrons. The Kier molecular flexibility index (Phi) is 3.17. The molecular formula is C13H15NO2S. The molecule has 0 aliphatic rings. The maximum absolute atomic E-state index is 9.91. The fourth-order valence-corrected chi connectivity index (χ4v) is 2.45. The van der Waals surface area contributed by atoms with E-state index in [4.69, 9.17) is 4.74 Å². The topological polar surface area (TPSA) is 42.4 Å². The van der Waals surface area contributed by atoms with Gasteiger partial charge in [-0.2, -0.15) is 0 Å². The molecule has 0 aliphatic heterocycles. The summed E-state index contributed by atoms with van der Waals surface area (Å²) in [5.41, 5.74) is 0.105. The van der Waals surface area contributed by atoms with Gasteiger partial charge in [0.2, 0.25) is 0 Å². The largest absolute Gasteiger partial charge is 0.496 e. The van der Waals surface area contributed by atoms with Crippen LogP contribution in [-0.4, -0.2) is 17.2 Å². The SMILES string of the molecule is COc1ccccc1-c1ncc(C(C)(C)O)s1. The normalized spacial score (nSPS) is 11.5. The van der Waals surface area contributed by atoms with E-state index in [-0.39, 0.29) is 0 Å². The highest BCUT2D eigenvalue weighted by Gasteiger charge is 2.20. The minimum absolute atomic E-state index is 0.796. The Hall–Kier alpha value is -1.39. The lowest BCUT2D eigenvalue weighted by Gasteiger charge is -2.13. The zero-order valence-corrected chi connectivity index (χ0v) is 10.9. The molecule has 90 valence electrons. The highest BCUT2D eigenvalue weighted by Crippen LogP contribution is 2.35. The van der Waals surface area contributed by atoms with Crippen LogP contribution in [0.25, 0.3) is 10.6 Å². The molecule has 0 unspecified atom stereocenters. The van der Waals surface area contributed by atoms with Crippen molar-refractivity contribution >= 4 is 11.3 Å². The van der Waals surface area contributed by atoms with Crippen molar-refractivity contribution in [3.8, 4) is 16.3 Å². The fraction of sp³-hybridized carbons (Fsp3) is 0.308. The second-order valence-electron chi connectivity index (χ2n) is 4.29. The van der Waals surface area contributed by atoms with Crippen LogP contribution < -0.4 is 4.74 Å². The first kappa shape index (κ1) is 12.1. The number of hydrogen-bond donors (Lipinski definition) is 1. The number of aromatic nitrogens is 1. The third kappa shape index (κ3) is 2.48. The van der Waals surface area contributed by atoms with Gasteiger partial charge in [0.1, 0.15) is 10.8 Å². The quantitative estimate of drug-likeness (QED) is 0.909. The predicted octanol–water partition coefficient (Wildman–Crippen LogP) is 3.05. The Bertz CT molecular complexity index is 514. The minimum atomic E-state index is -0.849. The summed E-state index contributed by atoms with van der Waals surface area (Å²) in [5.74, 6) is 0.796. The second-order valence-corrected chi connectivity index (χ2v) is 5.32. The van der Waals surface area contributed by atoms with Crippen molar-refractivity contribution in [2.24, 2.45) is 0 Å². The fourth-order valence-electron chi connectivity index (χ4n) is 1.50. The van der Waals surface area contributed by atoms with E-state index >= 15 is 0 Å². The van der Waals surface area contributed by atoms with Crippen molar-refractivity contribution < 1.29 is 9.84 Å². The van der Waals surface area contributed by atoms with Crippen molar-refractivity contribution in [3.05, 3.63) is 35.3 Å². The predicted molar refractivity (Wildman–Crippen MR) is 69.3 cm³/mol. The van der Waals surface area contributed by atoms with Crippen LogP contribution in [0.5, 0.6) is 5.75 Å². The molecule has 0 fully saturated rings. The van der Waals surface area contributed by atoms with E-state index in [1.165, 1.54) is 11.3 Å². The van der Waals surface area contributed by atoms with Crippen molar-refractivity contribution in [1.82, 2.24) is 4.98 Å². The molecule has 3 nitrogen and oxygen atoms in total. The van der Waals surface area contributed by atoms with E-state index in [9.17, 15) is 5.11 Å². The van der Waals surface area contributed by atoms with Crippen molar-refractivity contribution in [2.75, 3.05) is 7.11 Å². The number of aliphatic hydroxyl groups is 1. The highest BCUT2D eigenvalue weighted by atomic mass is 32.1. The van der Waals surface area contributed by atoms with E-state index in [1.54, 1.807) is 27.2 Å². The Morgan fingerprint density at radius 1 is 1.29 bits per heavy atom. The minimum Gasteiger partial charge on any atom is -0.496 e. The average molecular weight is 249 g/mol. The molecule has 0 saturated carbocycles. The molecule has 17 heavy (non-hydrogen) atoms. The molecule has 1 N–H and O–H groups in total. The number of nitrogens with zero attached hydrogens (tertiary/aromatic N) is 1. The maximum Gasteiger partial charge on any atom is 0.129 e. The van der Waals surface area contributed by atoms with Gasteiger partial charge in [0, 0.05) is 6.20 Å². The molecule has 2 aromatic rings. The van der Waals surface area contributed by atoms with Crippen LogP contribution in [0.3, 0.4) is 0 Å². The first-order valence-corrected chi connectivity index (χ1v) is 6.16. The number of hydrogen-bond acceptors (Lipinski definition) is 4. The lowest BCUT2D eigenvalue weighted by atomic mass is 10.1. The second kappa shape index (κ2) is 4.47. The number of ether oxygens (including phenoxy) is 1. The summed E-state index contributed by atoms with van der Waals surface area (Å²) in [5, 5.41) is 10.8. The van der Waals surface area contributed by atoms with E-state index in [1.807, 2.05) is 24.3 Å². The van der Waals surface area contributed by atoms with Gasteiger partial charge in [-0.05, 0) is 26.0 Å². The summed E-state index contributed by atoms with van der Waals surface area (Å²) >= 11 is 1.48. The summed E-state index contributed by atoms with van der Waals surface area (Å²) in [7, 11) is 1.64. The zero-order valence-electron chi connectivity index (χ0n) is 10.1. The van der Waals surface area contributed by atoms with Gasteiger partial charge in [-0.1, -0.05) is 12.1 Å². The zero-order chi connectivity index (χ0) is 12.5. The molecule has 1 heterocycles. The molecule has 0 aliphatic carbocycles. The monoisotopic (exact) mass is 249 g/mol. The molecule has 1 aromatic carbocycles. The molecule has 0 atom stereocenters. The molecule has 1 aromatic heterocycles.